The summed E-state index contributed by atoms with van der Waals surface area (Å²) in [6.45, 7) is 1.44. The van der Waals surface area contributed by atoms with E-state index in [9.17, 15) is 4.39 Å². The van der Waals surface area contributed by atoms with Crippen molar-refractivity contribution in [3.8, 4) is 0 Å². The highest BCUT2D eigenvalue weighted by Gasteiger charge is 2.15. The van der Waals surface area contributed by atoms with Gasteiger partial charge in [0.25, 0.3) is 0 Å². The molecule has 58 valence electrons. The van der Waals surface area contributed by atoms with Gasteiger partial charge in [-0.05, 0) is 18.5 Å². The van der Waals surface area contributed by atoms with Crippen LogP contribution in [0.15, 0.2) is 12.3 Å². The quantitative estimate of drug-likeness (QED) is 0.412. The van der Waals surface area contributed by atoms with E-state index in [0.29, 0.717) is 0 Å². The molecule has 0 aliphatic carbocycles. The molecule has 0 aromatic carbocycles. The first-order valence-corrected chi connectivity index (χ1v) is 3.10. The van der Waals surface area contributed by atoms with Crippen LogP contribution in [-0.2, 0) is 0 Å². The van der Waals surface area contributed by atoms with Crippen LogP contribution in [0.3, 0.4) is 0 Å². The van der Waals surface area contributed by atoms with E-state index in [1.807, 2.05) is 0 Å². The Bertz CT molecular complexity index is 267. The zero-order valence-corrected chi connectivity index (χ0v) is 5.95. The Morgan fingerprint density at radius 3 is 2.64 bits per heavy atom. The minimum atomic E-state index is -1.63. The monoisotopic (exact) mass is 155 g/mol. The van der Waals surface area contributed by atoms with Gasteiger partial charge in [-0.1, -0.05) is 0 Å². The van der Waals surface area contributed by atoms with Crippen LogP contribution in [0, 0.1) is 12.9 Å². The molecule has 0 aliphatic rings. The van der Waals surface area contributed by atoms with E-state index in [0.717, 1.165) is 0 Å². The molecule has 1 rings (SSSR count). The number of pyridine rings is 1. The Kier molecular flexibility index (Phi) is 2.21. The number of nitrogens with zero attached hydrogens (tertiary/aromatic N) is 1. The van der Waals surface area contributed by atoms with Crippen LogP contribution >= 0.6 is 0 Å². The molecule has 0 spiro atoms. The van der Waals surface area contributed by atoms with Gasteiger partial charge in [0.15, 0.2) is 0 Å². The lowest BCUT2D eigenvalue weighted by Crippen LogP contribution is -2.32. The van der Waals surface area contributed by atoms with Gasteiger partial charge in [-0.3, -0.25) is 0 Å². The van der Waals surface area contributed by atoms with E-state index in [-0.39, 0.29) is 11.0 Å². The van der Waals surface area contributed by atoms with Crippen molar-refractivity contribution in [3.05, 3.63) is 23.8 Å². The van der Waals surface area contributed by atoms with Crippen LogP contribution in [0.4, 0.5) is 4.39 Å². The highest BCUT2D eigenvalue weighted by atomic mass is 19.1. The average Bonchev–Trinajstić information content (AvgIpc) is 1.94. The topological polar surface area (TPSA) is 53.4 Å². The average molecular weight is 155 g/mol. The molecular formula is C6H7BFNO2. The second kappa shape index (κ2) is 2.98. The summed E-state index contributed by atoms with van der Waals surface area (Å²) in [5.74, 6) is -0.671. The maximum atomic E-state index is 12.6. The van der Waals surface area contributed by atoms with Crippen molar-refractivity contribution in [2.24, 2.45) is 0 Å². The molecule has 0 aliphatic heterocycles. The summed E-state index contributed by atoms with van der Waals surface area (Å²) in [7, 11) is -1.63. The summed E-state index contributed by atoms with van der Waals surface area (Å²) in [4.78, 5) is 3.33. The zero-order valence-electron chi connectivity index (χ0n) is 5.95. The van der Waals surface area contributed by atoms with Crippen LogP contribution in [0.25, 0.3) is 0 Å². The minimum Gasteiger partial charge on any atom is -0.423 e. The number of hydrogen-bond acceptors (Lipinski definition) is 3. The summed E-state index contributed by atoms with van der Waals surface area (Å²) in [5, 5.41) is 17.4. The van der Waals surface area contributed by atoms with Crippen LogP contribution in [0.5, 0.6) is 0 Å². The van der Waals surface area contributed by atoms with Crippen molar-refractivity contribution in [2.75, 3.05) is 0 Å². The molecule has 0 unspecified atom stereocenters. The van der Waals surface area contributed by atoms with E-state index in [2.05, 4.69) is 4.98 Å². The lowest BCUT2D eigenvalue weighted by Gasteiger charge is -2.02. The minimum absolute atomic E-state index is 0.150. The molecule has 0 amide bonds. The molecule has 11 heavy (non-hydrogen) atoms. The molecule has 1 heterocycles. The smallest absolute Gasteiger partial charge is 0.423 e. The van der Waals surface area contributed by atoms with E-state index in [1.54, 1.807) is 0 Å². The van der Waals surface area contributed by atoms with Crippen molar-refractivity contribution in [1.82, 2.24) is 4.98 Å². The molecule has 0 radical (unpaired) electrons. The van der Waals surface area contributed by atoms with Crippen LogP contribution in [-0.4, -0.2) is 22.2 Å². The van der Waals surface area contributed by atoms with E-state index >= 15 is 0 Å². The summed E-state index contributed by atoms with van der Waals surface area (Å²) < 4.78 is 12.6. The van der Waals surface area contributed by atoms with Gasteiger partial charge in [-0.15, -0.1) is 0 Å². The number of hydrogen-bond donors (Lipinski definition) is 2. The number of rotatable bonds is 1. The Morgan fingerprint density at radius 2 is 2.18 bits per heavy atom. The first kappa shape index (κ1) is 8.16. The SMILES string of the molecule is Cc1c(B(O)O)ccnc1F. The molecule has 0 atom stereocenters. The first-order chi connectivity index (χ1) is 5.13. The third-order valence-electron chi connectivity index (χ3n) is 1.46. The fourth-order valence-corrected chi connectivity index (χ4v) is 0.804. The molecule has 5 heteroatoms. The molecule has 0 fully saturated rings. The summed E-state index contributed by atoms with van der Waals surface area (Å²) in [6, 6.07) is 1.36. The van der Waals surface area contributed by atoms with Crippen molar-refractivity contribution in [2.45, 2.75) is 6.92 Å². The molecule has 3 nitrogen and oxygen atoms in total. The molecule has 1 aromatic rings. The third kappa shape index (κ3) is 1.55. The third-order valence-corrected chi connectivity index (χ3v) is 1.46. The van der Waals surface area contributed by atoms with Gasteiger partial charge >= 0.3 is 7.12 Å². The zero-order chi connectivity index (χ0) is 8.43. The Morgan fingerprint density at radius 1 is 1.55 bits per heavy atom. The molecule has 1 aromatic heterocycles. The second-order valence-corrected chi connectivity index (χ2v) is 2.19. The highest BCUT2D eigenvalue weighted by molar-refractivity contribution is 6.59. The molecule has 2 N–H and O–H groups in total. The maximum absolute atomic E-state index is 12.6. The van der Waals surface area contributed by atoms with Crippen LogP contribution < -0.4 is 5.46 Å². The predicted molar refractivity (Wildman–Crippen MR) is 38.8 cm³/mol. The van der Waals surface area contributed by atoms with Gasteiger partial charge in [0.05, 0.1) is 0 Å². The number of aromatic nitrogens is 1. The van der Waals surface area contributed by atoms with Crippen LogP contribution in [0.2, 0.25) is 0 Å². The largest absolute Gasteiger partial charge is 0.488 e. The number of halogens is 1. The van der Waals surface area contributed by atoms with Gasteiger partial charge in [0, 0.05) is 11.8 Å². The van der Waals surface area contributed by atoms with Gasteiger partial charge in [0.1, 0.15) is 0 Å². The molecular weight excluding hydrogens is 148 g/mol. The highest BCUT2D eigenvalue weighted by Crippen LogP contribution is 1.97. The van der Waals surface area contributed by atoms with Gasteiger partial charge < -0.3 is 10.0 Å². The second-order valence-electron chi connectivity index (χ2n) is 2.19. The molecule has 0 bridgehead atoms. The molecule has 0 saturated carbocycles. The summed E-state index contributed by atoms with van der Waals surface area (Å²) in [5.41, 5.74) is 0.319. The molecule has 0 saturated heterocycles. The van der Waals surface area contributed by atoms with Gasteiger partial charge in [-0.2, -0.15) is 4.39 Å². The van der Waals surface area contributed by atoms with Crippen molar-refractivity contribution in [3.63, 3.8) is 0 Å². The van der Waals surface area contributed by atoms with Crippen LogP contribution in [0.1, 0.15) is 5.56 Å². The lowest BCUT2D eigenvalue weighted by molar-refractivity contribution is 0.424. The van der Waals surface area contributed by atoms with E-state index in [4.69, 9.17) is 10.0 Å². The van der Waals surface area contributed by atoms with E-state index < -0.39 is 13.1 Å². The lowest BCUT2D eigenvalue weighted by atomic mass is 9.78. The fraction of sp³-hybridized carbons (Fsp3) is 0.167. The van der Waals surface area contributed by atoms with Gasteiger partial charge in [0.2, 0.25) is 5.95 Å². The van der Waals surface area contributed by atoms with Crippen molar-refractivity contribution < 1.29 is 14.4 Å². The van der Waals surface area contributed by atoms with E-state index in [1.165, 1.54) is 19.2 Å². The summed E-state index contributed by atoms with van der Waals surface area (Å²) in [6.07, 6.45) is 1.19. The normalized spacial score (nSPS) is 9.82. The maximum Gasteiger partial charge on any atom is 0.488 e. The van der Waals surface area contributed by atoms with Gasteiger partial charge in [-0.25, -0.2) is 4.98 Å². The Balaban J connectivity index is 3.17. The first-order valence-electron chi connectivity index (χ1n) is 3.10. The van der Waals surface area contributed by atoms with Crippen molar-refractivity contribution in [1.29, 1.82) is 0 Å². The standard InChI is InChI=1S/C6H7BFNO2/c1-4-5(7(10)11)2-3-9-6(4)8/h2-3,10-11H,1H3. The Hall–Kier alpha value is -0.935. The predicted octanol–water partition coefficient (Wildman–Crippen LogP) is -0.791. The fourth-order valence-electron chi connectivity index (χ4n) is 0.804. The van der Waals surface area contributed by atoms with Crippen molar-refractivity contribution >= 4 is 12.6 Å². The Labute approximate surface area is 63.7 Å². The summed E-state index contributed by atoms with van der Waals surface area (Å²) >= 11 is 0.